The quantitative estimate of drug-likeness (QED) is 0.386. The lowest BCUT2D eigenvalue weighted by Crippen LogP contribution is -1.88. The Morgan fingerprint density at radius 1 is 0.640 bits per heavy atom. The van der Waals surface area contributed by atoms with Crippen molar-refractivity contribution in [3.63, 3.8) is 0 Å². The average Bonchev–Trinajstić information content (AvgIpc) is 2.68. The first-order valence-corrected chi connectivity index (χ1v) is 8.17. The van der Waals surface area contributed by atoms with Gasteiger partial charge in [-0.1, -0.05) is 72.8 Å². The van der Waals surface area contributed by atoms with Gasteiger partial charge >= 0.3 is 0 Å². The summed E-state index contributed by atoms with van der Waals surface area (Å²) in [5.41, 5.74) is 2.89. The summed E-state index contributed by atoms with van der Waals surface area (Å²) in [6.07, 6.45) is 0. The van der Waals surface area contributed by atoms with Gasteiger partial charge in [0.05, 0.1) is 0 Å². The third-order valence-electron chi connectivity index (χ3n) is 4.21. The summed E-state index contributed by atoms with van der Waals surface area (Å²) in [5, 5.41) is 2.39. The van der Waals surface area contributed by atoms with E-state index in [0.717, 1.165) is 22.6 Å². The maximum atomic E-state index is 6.04. The molecule has 120 valence electrons. The van der Waals surface area contributed by atoms with E-state index >= 15 is 0 Å². The predicted octanol–water partition coefficient (Wildman–Crippen LogP) is 6.63. The molecule has 4 rings (SSSR count). The van der Waals surface area contributed by atoms with Gasteiger partial charge in [-0.2, -0.15) is 0 Å². The number of para-hydroxylation sites is 2. The fraction of sp³-hybridized carbons (Fsp3) is 0. The van der Waals surface area contributed by atoms with Gasteiger partial charge in [0.2, 0.25) is 0 Å². The SMILES string of the molecule is C=Nc1c(Oc2ccccc2)cccc1-c1cccc2ccccc12. The van der Waals surface area contributed by atoms with E-state index in [4.69, 9.17) is 4.74 Å². The van der Waals surface area contributed by atoms with Gasteiger partial charge in [0.1, 0.15) is 11.4 Å². The van der Waals surface area contributed by atoms with Crippen LogP contribution in [0.4, 0.5) is 5.69 Å². The number of fused-ring (bicyclic) bond motifs is 1. The van der Waals surface area contributed by atoms with Crippen LogP contribution in [0, 0.1) is 0 Å². The molecule has 0 spiro atoms. The smallest absolute Gasteiger partial charge is 0.153 e. The summed E-state index contributed by atoms with van der Waals surface area (Å²) in [6, 6.07) is 30.3. The van der Waals surface area contributed by atoms with Crippen LogP contribution in [0.1, 0.15) is 0 Å². The number of aliphatic imine (C=N–C) groups is 1. The second-order valence-corrected chi connectivity index (χ2v) is 5.75. The predicted molar refractivity (Wildman–Crippen MR) is 105 cm³/mol. The van der Waals surface area contributed by atoms with Crippen LogP contribution < -0.4 is 4.74 Å². The maximum absolute atomic E-state index is 6.04. The van der Waals surface area contributed by atoms with E-state index in [1.807, 2.05) is 48.5 Å². The molecule has 0 saturated heterocycles. The summed E-state index contributed by atoms with van der Waals surface area (Å²) in [7, 11) is 0. The van der Waals surface area contributed by atoms with E-state index in [1.54, 1.807) is 0 Å². The van der Waals surface area contributed by atoms with Crippen molar-refractivity contribution in [2.24, 2.45) is 4.99 Å². The average molecular weight is 323 g/mol. The third kappa shape index (κ3) is 2.90. The first kappa shape index (κ1) is 15.2. The van der Waals surface area contributed by atoms with Gasteiger partial charge in [0.15, 0.2) is 5.75 Å². The highest BCUT2D eigenvalue weighted by molar-refractivity contribution is 6.00. The van der Waals surface area contributed by atoms with Crippen molar-refractivity contribution in [3.8, 4) is 22.6 Å². The zero-order valence-electron chi connectivity index (χ0n) is 13.7. The van der Waals surface area contributed by atoms with Crippen molar-refractivity contribution < 1.29 is 4.74 Å². The Balaban J connectivity index is 1.88. The minimum Gasteiger partial charge on any atom is -0.455 e. The second kappa shape index (κ2) is 6.62. The van der Waals surface area contributed by atoms with E-state index in [9.17, 15) is 0 Å². The first-order valence-electron chi connectivity index (χ1n) is 8.17. The van der Waals surface area contributed by atoms with E-state index in [1.165, 1.54) is 10.8 Å². The van der Waals surface area contributed by atoms with Gasteiger partial charge in [-0.3, -0.25) is 4.99 Å². The molecule has 0 amide bonds. The van der Waals surface area contributed by atoms with E-state index in [2.05, 4.69) is 54.2 Å². The molecule has 0 unspecified atom stereocenters. The molecule has 0 heterocycles. The summed E-state index contributed by atoms with van der Waals surface area (Å²) in [6.45, 7) is 3.77. The van der Waals surface area contributed by atoms with Gasteiger partial charge in [0, 0.05) is 5.56 Å². The Morgan fingerprint density at radius 2 is 1.32 bits per heavy atom. The van der Waals surface area contributed by atoms with E-state index < -0.39 is 0 Å². The highest BCUT2D eigenvalue weighted by Gasteiger charge is 2.13. The molecule has 0 saturated carbocycles. The van der Waals surface area contributed by atoms with Crippen LogP contribution in [0.15, 0.2) is 96.0 Å². The Labute approximate surface area is 147 Å². The molecule has 0 radical (unpaired) electrons. The number of hydrogen-bond acceptors (Lipinski definition) is 2. The highest BCUT2D eigenvalue weighted by atomic mass is 16.5. The standard InChI is InChI=1S/C23H17NO/c1-24-23-21(20-14-7-10-17-9-5-6-13-19(17)20)15-8-16-22(23)25-18-11-3-2-4-12-18/h2-16H,1H2. The number of ether oxygens (including phenoxy) is 1. The van der Waals surface area contributed by atoms with Crippen molar-refractivity contribution in [2.45, 2.75) is 0 Å². The Hall–Kier alpha value is -3.39. The summed E-state index contributed by atoms with van der Waals surface area (Å²) >= 11 is 0. The fourth-order valence-electron chi connectivity index (χ4n) is 3.06. The van der Waals surface area contributed by atoms with Gasteiger partial charge in [0.25, 0.3) is 0 Å². The van der Waals surface area contributed by atoms with Crippen LogP contribution in [-0.2, 0) is 0 Å². The molecule has 0 atom stereocenters. The zero-order valence-corrected chi connectivity index (χ0v) is 13.7. The monoisotopic (exact) mass is 323 g/mol. The molecule has 2 nitrogen and oxygen atoms in total. The van der Waals surface area contributed by atoms with Crippen molar-refractivity contribution in [2.75, 3.05) is 0 Å². The van der Waals surface area contributed by atoms with Crippen LogP contribution in [-0.4, -0.2) is 6.72 Å². The molecule has 25 heavy (non-hydrogen) atoms. The maximum Gasteiger partial charge on any atom is 0.153 e. The topological polar surface area (TPSA) is 21.6 Å². The van der Waals surface area contributed by atoms with Gasteiger partial charge < -0.3 is 4.74 Å². The zero-order chi connectivity index (χ0) is 17.1. The Bertz CT molecular complexity index is 1030. The van der Waals surface area contributed by atoms with Crippen LogP contribution in [0.2, 0.25) is 0 Å². The lowest BCUT2D eigenvalue weighted by molar-refractivity contribution is 0.484. The number of benzene rings is 4. The minimum atomic E-state index is 0.701. The molecular formula is C23H17NO. The molecule has 0 N–H and O–H groups in total. The van der Waals surface area contributed by atoms with Crippen molar-refractivity contribution >= 4 is 23.2 Å². The Morgan fingerprint density at radius 3 is 2.16 bits per heavy atom. The summed E-state index contributed by atoms with van der Waals surface area (Å²) < 4.78 is 6.04. The van der Waals surface area contributed by atoms with Crippen molar-refractivity contribution in [1.82, 2.24) is 0 Å². The molecule has 4 aromatic carbocycles. The molecule has 4 aromatic rings. The largest absolute Gasteiger partial charge is 0.455 e. The van der Waals surface area contributed by atoms with Crippen LogP contribution in [0.5, 0.6) is 11.5 Å². The van der Waals surface area contributed by atoms with E-state index in [-0.39, 0.29) is 0 Å². The third-order valence-corrected chi connectivity index (χ3v) is 4.21. The molecule has 0 aromatic heterocycles. The molecule has 2 heteroatoms. The van der Waals surface area contributed by atoms with Gasteiger partial charge in [-0.15, -0.1) is 0 Å². The first-order chi connectivity index (χ1) is 12.4. The Kier molecular flexibility index (Phi) is 4.01. The number of nitrogens with zero attached hydrogens (tertiary/aromatic N) is 1. The molecule has 0 bridgehead atoms. The minimum absolute atomic E-state index is 0.701. The summed E-state index contributed by atoms with van der Waals surface area (Å²) in [4.78, 5) is 4.27. The van der Waals surface area contributed by atoms with Crippen LogP contribution >= 0.6 is 0 Å². The number of hydrogen-bond donors (Lipinski definition) is 0. The van der Waals surface area contributed by atoms with Crippen molar-refractivity contribution in [3.05, 3.63) is 91.0 Å². The second-order valence-electron chi connectivity index (χ2n) is 5.75. The number of rotatable bonds is 4. The van der Waals surface area contributed by atoms with Gasteiger partial charge in [-0.25, -0.2) is 0 Å². The highest BCUT2D eigenvalue weighted by Crippen LogP contribution is 2.42. The molecule has 0 aliphatic carbocycles. The van der Waals surface area contributed by atoms with Crippen LogP contribution in [0.25, 0.3) is 21.9 Å². The molecular weight excluding hydrogens is 306 g/mol. The van der Waals surface area contributed by atoms with Gasteiger partial charge in [-0.05, 0) is 41.3 Å². The normalized spacial score (nSPS) is 10.6. The van der Waals surface area contributed by atoms with Crippen molar-refractivity contribution in [1.29, 1.82) is 0 Å². The molecule has 0 aliphatic heterocycles. The molecule has 0 aliphatic rings. The lowest BCUT2D eigenvalue weighted by Gasteiger charge is -2.14. The van der Waals surface area contributed by atoms with E-state index in [0.29, 0.717) is 5.75 Å². The fourth-order valence-corrected chi connectivity index (χ4v) is 3.06. The summed E-state index contributed by atoms with van der Waals surface area (Å²) in [5.74, 6) is 1.48. The lowest BCUT2D eigenvalue weighted by atomic mass is 9.97. The van der Waals surface area contributed by atoms with Crippen LogP contribution in [0.3, 0.4) is 0 Å². The molecule has 0 fully saturated rings.